The van der Waals surface area contributed by atoms with Crippen LogP contribution in [0.3, 0.4) is 0 Å². The second-order valence-electron chi connectivity index (χ2n) is 7.80. The number of hydrogen-bond acceptors (Lipinski definition) is 0. The predicted octanol–water partition coefficient (Wildman–Crippen LogP) is 7.91. The van der Waals surface area contributed by atoms with Gasteiger partial charge < -0.3 is 0 Å². The van der Waals surface area contributed by atoms with Gasteiger partial charge in [-0.15, -0.1) is 0 Å². The smallest absolute Gasteiger partial charge is 0.142 e. The Morgan fingerprint density at radius 3 is 2.70 bits per heavy atom. The minimum atomic E-state index is -0.311. The van der Waals surface area contributed by atoms with E-state index in [2.05, 4.69) is 43.3 Å². The normalized spacial score (nSPS) is 19.2. The van der Waals surface area contributed by atoms with Crippen LogP contribution in [-0.4, -0.2) is 0 Å². The van der Waals surface area contributed by atoms with Crippen LogP contribution in [0.1, 0.15) is 61.6 Å². The highest BCUT2D eigenvalue weighted by Gasteiger charge is 2.31. The largest absolute Gasteiger partial charge is 0.205 e. The molecule has 1 aliphatic rings. The standard InChI is InChI=1S/C25H26ClF/c1-2-3-4-8-18-11-13-21-20-9-6-5-7-17(20)10-14-22(21)25(18)19-12-15-23(26)24(27)16-19/h5-7,9-10,12,14-16,18,25H,2-4,8,11,13H2,1H3/t18-,25-/m1/s1. The number of benzene rings is 3. The van der Waals surface area contributed by atoms with Crippen molar-refractivity contribution in [1.82, 2.24) is 0 Å². The molecule has 2 heteroatoms. The van der Waals surface area contributed by atoms with E-state index in [-0.39, 0.29) is 16.8 Å². The van der Waals surface area contributed by atoms with E-state index < -0.39 is 0 Å². The quantitative estimate of drug-likeness (QED) is 0.394. The van der Waals surface area contributed by atoms with Crippen LogP contribution in [0.2, 0.25) is 5.02 Å². The van der Waals surface area contributed by atoms with Crippen molar-refractivity contribution in [2.45, 2.75) is 51.4 Å². The zero-order valence-corrected chi connectivity index (χ0v) is 16.6. The van der Waals surface area contributed by atoms with Crippen molar-refractivity contribution in [3.8, 4) is 0 Å². The number of aryl methyl sites for hydroxylation is 1. The van der Waals surface area contributed by atoms with Gasteiger partial charge in [0.2, 0.25) is 0 Å². The van der Waals surface area contributed by atoms with Gasteiger partial charge in [-0.1, -0.05) is 80.3 Å². The lowest BCUT2D eigenvalue weighted by Crippen LogP contribution is -2.22. The molecule has 0 saturated carbocycles. The summed E-state index contributed by atoms with van der Waals surface area (Å²) in [6, 6.07) is 18.5. The van der Waals surface area contributed by atoms with Crippen LogP contribution < -0.4 is 0 Å². The molecule has 4 rings (SSSR count). The molecule has 0 fully saturated rings. The van der Waals surface area contributed by atoms with Crippen LogP contribution in [0, 0.1) is 11.7 Å². The number of fused-ring (bicyclic) bond motifs is 3. The molecule has 1 aliphatic carbocycles. The lowest BCUT2D eigenvalue weighted by molar-refractivity contribution is 0.369. The fraction of sp³-hybridized carbons (Fsp3) is 0.360. The number of unbranched alkanes of at least 4 members (excludes halogenated alkanes) is 2. The Morgan fingerprint density at radius 2 is 1.89 bits per heavy atom. The van der Waals surface area contributed by atoms with Gasteiger partial charge in [-0.3, -0.25) is 0 Å². The van der Waals surface area contributed by atoms with E-state index in [0.717, 1.165) is 12.0 Å². The first-order chi connectivity index (χ1) is 13.2. The van der Waals surface area contributed by atoms with Crippen LogP contribution in [-0.2, 0) is 6.42 Å². The molecule has 0 radical (unpaired) electrons. The third-order valence-electron chi connectivity index (χ3n) is 6.13. The van der Waals surface area contributed by atoms with E-state index in [1.54, 1.807) is 12.1 Å². The van der Waals surface area contributed by atoms with Gasteiger partial charge in [0.25, 0.3) is 0 Å². The maximum atomic E-state index is 14.3. The average molecular weight is 381 g/mol. The SMILES string of the molecule is CCCCC[C@@H]1CCc2c(ccc3ccccc23)[C@H]1c1ccc(Cl)c(F)c1. The molecule has 0 amide bonds. The minimum Gasteiger partial charge on any atom is -0.205 e. The Balaban J connectivity index is 1.81. The summed E-state index contributed by atoms with van der Waals surface area (Å²) in [7, 11) is 0. The van der Waals surface area contributed by atoms with Crippen molar-refractivity contribution in [2.75, 3.05) is 0 Å². The van der Waals surface area contributed by atoms with Gasteiger partial charge in [0.05, 0.1) is 5.02 Å². The van der Waals surface area contributed by atoms with E-state index in [1.807, 2.05) is 6.07 Å². The van der Waals surface area contributed by atoms with E-state index in [4.69, 9.17) is 11.6 Å². The molecule has 0 saturated heterocycles. The fourth-order valence-corrected chi connectivity index (χ4v) is 4.92. The molecular weight excluding hydrogens is 355 g/mol. The van der Waals surface area contributed by atoms with E-state index in [9.17, 15) is 4.39 Å². The number of hydrogen-bond donors (Lipinski definition) is 0. The van der Waals surface area contributed by atoms with Crippen LogP contribution in [0.4, 0.5) is 4.39 Å². The molecule has 0 bridgehead atoms. The molecule has 0 N–H and O–H groups in total. The Hall–Kier alpha value is -1.86. The topological polar surface area (TPSA) is 0 Å². The lowest BCUT2D eigenvalue weighted by Gasteiger charge is -2.35. The second kappa shape index (κ2) is 8.02. The summed E-state index contributed by atoms with van der Waals surface area (Å²) in [5, 5.41) is 2.85. The van der Waals surface area contributed by atoms with Gasteiger partial charge in [0.15, 0.2) is 0 Å². The van der Waals surface area contributed by atoms with Gasteiger partial charge in [-0.25, -0.2) is 4.39 Å². The zero-order valence-electron chi connectivity index (χ0n) is 15.8. The third kappa shape index (κ3) is 3.62. The Labute approximate surface area is 166 Å². The average Bonchev–Trinajstić information content (AvgIpc) is 2.70. The zero-order chi connectivity index (χ0) is 18.8. The van der Waals surface area contributed by atoms with E-state index in [0.29, 0.717) is 5.92 Å². The van der Waals surface area contributed by atoms with Crippen molar-refractivity contribution in [2.24, 2.45) is 5.92 Å². The van der Waals surface area contributed by atoms with E-state index >= 15 is 0 Å². The summed E-state index contributed by atoms with van der Waals surface area (Å²) in [6.45, 7) is 2.24. The first kappa shape index (κ1) is 18.5. The summed E-state index contributed by atoms with van der Waals surface area (Å²) >= 11 is 5.96. The molecule has 0 aliphatic heterocycles. The second-order valence-corrected chi connectivity index (χ2v) is 8.21. The number of rotatable bonds is 5. The van der Waals surface area contributed by atoms with Crippen molar-refractivity contribution >= 4 is 22.4 Å². The van der Waals surface area contributed by atoms with Gasteiger partial charge >= 0.3 is 0 Å². The molecule has 2 atom stereocenters. The van der Waals surface area contributed by atoms with Crippen molar-refractivity contribution in [3.63, 3.8) is 0 Å². The molecule has 0 aromatic heterocycles. The monoisotopic (exact) mass is 380 g/mol. The summed E-state index contributed by atoms with van der Waals surface area (Å²) in [5.74, 6) is 0.502. The van der Waals surface area contributed by atoms with Crippen LogP contribution in [0.5, 0.6) is 0 Å². The van der Waals surface area contributed by atoms with Gasteiger partial charge in [0, 0.05) is 5.92 Å². The molecule has 0 nitrogen and oxygen atoms in total. The summed E-state index contributed by atoms with van der Waals surface area (Å²) < 4.78 is 14.3. The fourth-order valence-electron chi connectivity index (χ4n) is 4.80. The molecule has 3 aromatic carbocycles. The van der Waals surface area contributed by atoms with Crippen molar-refractivity contribution in [1.29, 1.82) is 0 Å². The third-order valence-corrected chi connectivity index (χ3v) is 6.44. The first-order valence-corrected chi connectivity index (χ1v) is 10.5. The van der Waals surface area contributed by atoms with E-state index in [1.165, 1.54) is 54.0 Å². The highest BCUT2D eigenvalue weighted by Crippen LogP contribution is 2.45. The predicted molar refractivity (Wildman–Crippen MR) is 113 cm³/mol. The molecule has 3 aromatic rings. The minimum absolute atomic E-state index is 0.204. The Kier molecular flexibility index (Phi) is 5.50. The summed E-state index contributed by atoms with van der Waals surface area (Å²) in [4.78, 5) is 0. The van der Waals surface area contributed by atoms with Gasteiger partial charge in [-0.05, 0) is 64.8 Å². The summed E-state index contributed by atoms with van der Waals surface area (Å²) in [5.41, 5.74) is 3.89. The molecule has 0 heterocycles. The Morgan fingerprint density at radius 1 is 1.04 bits per heavy atom. The maximum absolute atomic E-state index is 14.3. The molecule has 27 heavy (non-hydrogen) atoms. The number of halogens is 2. The van der Waals surface area contributed by atoms with Crippen LogP contribution in [0.15, 0.2) is 54.6 Å². The Bertz CT molecular complexity index is 946. The van der Waals surface area contributed by atoms with Crippen LogP contribution >= 0.6 is 11.6 Å². The van der Waals surface area contributed by atoms with Gasteiger partial charge in [-0.2, -0.15) is 0 Å². The lowest BCUT2D eigenvalue weighted by atomic mass is 9.69. The summed E-state index contributed by atoms with van der Waals surface area (Å²) in [6.07, 6.45) is 7.22. The highest BCUT2D eigenvalue weighted by molar-refractivity contribution is 6.30. The first-order valence-electron chi connectivity index (χ1n) is 10.1. The highest BCUT2D eigenvalue weighted by atomic mass is 35.5. The maximum Gasteiger partial charge on any atom is 0.142 e. The van der Waals surface area contributed by atoms with Crippen LogP contribution in [0.25, 0.3) is 10.8 Å². The molecule has 140 valence electrons. The molecule has 0 spiro atoms. The molecular formula is C25H26ClF. The van der Waals surface area contributed by atoms with Gasteiger partial charge in [0.1, 0.15) is 5.82 Å². The molecule has 0 unspecified atom stereocenters. The van der Waals surface area contributed by atoms with Crippen molar-refractivity contribution < 1.29 is 4.39 Å². The van der Waals surface area contributed by atoms with Crippen molar-refractivity contribution in [3.05, 3.63) is 82.1 Å².